The van der Waals surface area contributed by atoms with Crippen molar-refractivity contribution < 1.29 is 4.42 Å². The molecule has 17 heavy (non-hydrogen) atoms. The molecule has 0 spiro atoms. The molecular weight excluding hydrogens is 280 g/mol. The lowest BCUT2D eigenvalue weighted by Crippen LogP contribution is -2.29. The van der Waals surface area contributed by atoms with E-state index in [0.29, 0.717) is 0 Å². The highest BCUT2D eigenvalue weighted by Gasteiger charge is 2.15. The molecule has 0 saturated heterocycles. The number of furan rings is 1. The Bertz CT molecular complexity index is 496. The predicted octanol–water partition coefficient (Wildman–Crippen LogP) is 3.10. The zero-order valence-corrected chi connectivity index (χ0v) is 11.2. The Kier molecular flexibility index (Phi) is 3.99. The number of hydrogen-bond donors (Lipinski definition) is 2. The SMILES string of the molecule is Cc1cccc(CC(NN)c2ccoc2Br)c1. The van der Waals surface area contributed by atoms with Gasteiger partial charge in [0.2, 0.25) is 0 Å². The topological polar surface area (TPSA) is 51.2 Å². The predicted molar refractivity (Wildman–Crippen MR) is 71.4 cm³/mol. The summed E-state index contributed by atoms with van der Waals surface area (Å²) in [4.78, 5) is 0. The molecule has 0 aliphatic heterocycles. The van der Waals surface area contributed by atoms with Gasteiger partial charge >= 0.3 is 0 Å². The second kappa shape index (κ2) is 5.49. The highest BCUT2D eigenvalue weighted by molar-refractivity contribution is 9.10. The van der Waals surface area contributed by atoms with Gasteiger partial charge in [0.25, 0.3) is 0 Å². The first kappa shape index (κ1) is 12.4. The van der Waals surface area contributed by atoms with Gasteiger partial charge < -0.3 is 4.42 Å². The quantitative estimate of drug-likeness (QED) is 0.673. The summed E-state index contributed by atoms with van der Waals surface area (Å²) in [6.45, 7) is 2.09. The largest absolute Gasteiger partial charge is 0.457 e. The molecule has 3 nitrogen and oxygen atoms in total. The van der Waals surface area contributed by atoms with Crippen molar-refractivity contribution in [2.45, 2.75) is 19.4 Å². The lowest BCUT2D eigenvalue weighted by molar-refractivity contribution is 0.507. The Morgan fingerprint density at radius 3 is 2.82 bits per heavy atom. The summed E-state index contributed by atoms with van der Waals surface area (Å²) in [5.41, 5.74) is 6.36. The van der Waals surface area contributed by atoms with Crippen molar-refractivity contribution >= 4 is 15.9 Å². The van der Waals surface area contributed by atoms with Gasteiger partial charge in [-0.05, 0) is 40.9 Å². The number of halogens is 1. The molecule has 1 aromatic heterocycles. The van der Waals surface area contributed by atoms with Crippen LogP contribution in [-0.2, 0) is 6.42 Å². The summed E-state index contributed by atoms with van der Waals surface area (Å²) in [5.74, 6) is 5.61. The third-order valence-corrected chi connectivity index (χ3v) is 3.39. The second-order valence-electron chi connectivity index (χ2n) is 4.06. The average Bonchev–Trinajstić information content (AvgIpc) is 2.72. The number of hydrogen-bond acceptors (Lipinski definition) is 3. The number of rotatable bonds is 4. The van der Waals surface area contributed by atoms with E-state index in [9.17, 15) is 0 Å². The van der Waals surface area contributed by atoms with E-state index in [4.69, 9.17) is 10.3 Å². The van der Waals surface area contributed by atoms with Gasteiger partial charge in [0.15, 0.2) is 4.67 Å². The van der Waals surface area contributed by atoms with E-state index in [2.05, 4.69) is 52.5 Å². The first-order valence-corrected chi connectivity index (χ1v) is 6.24. The number of nitrogens with one attached hydrogen (secondary N) is 1. The van der Waals surface area contributed by atoms with Gasteiger partial charge in [-0.1, -0.05) is 29.8 Å². The van der Waals surface area contributed by atoms with Gasteiger partial charge in [0, 0.05) is 5.56 Å². The van der Waals surface area contributed by atoms with Crippen molar-refractivity contribution in [3.8, 4) is 0 Å². The van der Waals surface area contributed by atoms with Gasteiger partial charge in [-0.3, -0.25) is 11.3 Å². The van der Waals surface area contributed by atoms with Crippen molar-refractivity contribution in [2.75, 3.05) is 0 Å². The Hall–Kier alpha value is -1.10. The van der Waals surface area contributed by atoms with Crippen LogP contribution in [0.2, 0.25) is 0 Å². The zero-order chi connectivity index (χ0) is 12.3. The molecule has 2 rings (SSSR count). The normalized spacial score (nSPS) is 12.6. The summed E-state index contributed by atoms with van der Waals surface area (Å²) in [7, 11) is 0. The molecule has 0 aliphatic carbocycles. The van der Waals surface area contributed by atoms with E-state index in [-0.39, 0.29) is 6.04 Å². The standard InChI is InChI=1S/C13H15BrN2O/c1-9-3-2-4-10(7-9)8-12(16-15)11-5-6-17-13(11)14/h2-7,12,16H,8,15H2,1H3. The van der Waals surface area contributed by atoms with Gasteiger partial charge in [-0.15, -0.1) is 0 Å². The fraction of sp³-hybridized carbons (Fsp3) is 0.231. The smallest absolute Gasteiger partial charge is 0.173 e. The van der Waals surface area contributed by atoms with Gasteiger partial charge in [-0.2, -0.15) is 0 Å². The van der Waals surface area contributed by atoms with Crippen LogP contribution in [-0.4, -0.2) is 0 Å². The minimum Gasteiger partial charge on any atom is -0.457 e. The van der Waals surface area contributed by atoms with Gasteiger partial charge in [-0.25, -0.2) is 0 Å². The molecular formula is C13H15BrN2O. The zero-order valence-electron chi connectivity index (χ0n) is 9.61. The van der Waals surface area contributed by atoms with Crippen LogP contribution in [0.15, 0.2) is 45.7 Å². The Morgan fingerprint density at radius 2 is 2.24 bits per heavy atom. The molecule has 0 bridgehead atoms. The van der Waals surface area contributed by atoms with Crippen molar-refractivity contribution in [3.05, 3.63) is 58.0 Å². The first-order chi connectivity index (χ1) is 8.20. The molecule has 1 unspecified atom stereocenters. The molecule has 1 atom stereocenters. The van der Waals surface area contributed by atoms with E-state index in [1.165, 1.54) is 11.1 Å². The van der Waals surface area contributed by atoms with Crippen LogP contribution in [0.4, 0.5) is 0 Å². The molecule has 3 N–H and O–H groups in total. The van der Waals surface area contributed by atoms with Crippen molar-refractivity contribution in [3.63, 3.8) is 0 Å². The molecule has 0 amide bonds. The summed E-state index contributed by atoms with van der Waals surface area (Å²) in [5, 5.41) is 0. The summed E-state index contributed by atoms with van der Waals surface area (Å²) in [6.07, 6.45) is 2.48. The van der Waals surface area contributed by atoms with Crippen molar-refractivity contribution in [2.24, 2.45) is 5.84 Å². The fourth-order valence-corrected chi connectivity index (χ4v) is 2.40. The van der Waals surface area contributed by atoms with Crippen LogP contribution in [0.3, 0.4) is 0 Å². The average molecular weight is 295 g/mol. The monoisotopic (exact) mass is 294 g/mol. The minimum atomic E-state index is 0.0462. The van der Waals surface area contributed by atoms with E-state index in [1.54, 1.807) is 6.26 Å². The van der Waals surface area contributed by atoms with Crippen LogP contribution in [0.1, 0.15) is 22.7 Å². The Balaban J connectivity index is 2.19. The van der Waals surface area contributed by atoms with E-state index < -0.39 is 0 Å². The Labute approximate surface area is 109 Å². The molecule has 0 saturated carbocycles. The molecule has 0 radical (unpaired) electrons. The van der Waals surface area contributed by atoms with Gasteiger partial charge in [0.1, 0.15) is 0 Å². The number of nitrogens with two attached hydrogens (primary N) is 1. The molecule has 0 aliphatic rings. The molecule has 4 heteroatoms. The van der Waals surface area contributed by atoms with Crippen LogP contribution in [0.25, 0.3) is 0 Å². The van der Waals surface area contributed by atoms with Crippen LogP contribution >= 0.6 is 15.9 Å². The second-order valence-corrected chi connectivity index (χ2v) is 4.78. The number of benzene rings is 1. The maximum absolute atomic E-state index is 5.61. The summed E-state index contributed by atoms with van der Waals surface area (Å²) < 4.78 is 5.96. The van der Waals surface area contributed by atoms with Crippen molar-refractivity contribution in [1.82, 2.24) is 5.43 Å². The van der Waals surface area contributed by atoms with Gasteiger partial charge in [0.05, 0.1) is 12.3 Å². The van der Waals surface area contributed by atoms with Crippen LogP contribution < -0.4 is 11.3 Å². The minimum absolute atomic E-state index is 0.0462. The van der Waals surface area contributed by atoms with Crippen LogP contribution in [0.5, 0.6) is 0 Å². The lowest BCUT2D eigenvalue weighted by Gasteiger charge is -2.15. The third-order valence-electron chi connectivity index (χ3n) is 2.74. The molecule has 2 aromatic rings. The third kappa shape index (κ3) is 2.97. The Morgan fingerprint density at radius 1 is 1.41 bits per heavy atom. The molecule has 90 valence electrons. The van der Waals surface area contributed by atoms with Crippen molar-refractivity contribution in [1.29, 1.82) is 0 Å². The van der Waals surface area contributed by atoms with E-state index in [1.807, 2.05) is 6.07 Å². The highest BCUT2D eigenvalue weighted by atomic mass is 79.9. The fourth-order valence-electron chi connectivity index (χ4n) is 1.89. The molecule has 1 aromatic carbocycles. The number of hydrazine groups is 1. The molecule has 1 heterocycles. The summed E-state index contributed by atoms with van der Waals surface area (Å²) >= 11 is 3.37. The summed E-state index contributed by atoms with van der Waals surface area (Å²) in [6, 6.07) is 10.4. The molecule has 0 fully saturated rings. The van der Waals surface area contributed by atoms with E-state index in [0.717, 1.165) is 16.7 Å². The van der Waals surface area contributed by atoms with Crippen LogP contribution in [0, 0.1) is 6.92 Å². The first-order valence-electron chi connectivity index (χ1n) is 5.45. The number of aryl methyl sites for hydroxylation is 1. The van der Waals surface area contributed by atoms with E-state index >= 15 is 0 Å². The highest BCUT2D eigenvalue weighted by Crippen LogP contribution is 2.26. The maximum atomic E-state index is 5.61. The lowest BCUT2D eigenvalue weighted by atomic mass is 10.0. The maximum Gasteiger partial charge on any atom is 0.173 e.